The molecule has 0 radical (unpaired) electrons. The SMILES string of the molecule is Cc1nc(-c2ccc(C(C)(C)C)cc2)ncc1C(=O)C[C@@H](CCN)C(=O)N(C)[C@@H]1C(=O)C[C@@H](C)C(=O)N[C@H](C(=O)CCC#N)Cc2ccc(OC[C@H](C)N)c(c2)-c2cc1ccc2OC[C@H](C)N. The molecule has 1 aliphatic rings. The second kappa shape index (κ2) is 22.9. The maximum absolute atomic E-state index is 14.8. The zero-order valence-electron chi connectivity index (χ0n) is 40.1. The van der Waals surface area contributed by atoms with E-state index < -0.39 is 41.5 Å². The predicted octanol–water partition coefficient (Wildman–Crippen LogP) is 6.12. The average molecular weight is 915 g/mol. The number of carbonyl (C=O) groups is 5. The Morgan fingerprint density at radius 2 is 1.57 bits per heavy atom. The van der Waals surface area contributed by atoms with Crippen LogP contribution in [0.1, 0.15) is 112 Å². The first-order valence-electron chi connectivity index (χ1n) is 22.9. The second-order valence-electron chi connectivity index (χ2n) is 18.9. The van der Waals surface area contributed by atoms with Crippen LogP contribution in [-0.4, -0.2) is 89.0 Å². The molecular weight excluding hydrogens is 849 g/mol. The molecule has 0 spiro atoms. The monoisotopic (exact) mass is 915 g/mol. The normalized spacial score (nSPS) is 17.8. The number of hydrogen-bond acceptors (Lipinski definition) is 13. The van der Waals surface area contributed by atoms with Gasteiger partial charge in [0.25, 0.3) is 0 Å². The molecule has 1 aromatic heterocycles. The van der Waals surface area contributed by atoms with E-state index in [1.807, 2.05) is 36.4 Å². The van der Waals surface area contributed by atoms with Gasteiger partial charge in [0.15, 0.2) is 23.2 Å². The summed E-state index contributed by atoms with van der Waals surface area (Å²) in [6, 6.07) is 17.6. The Hall–Kier alpha value is -6.34. The molecule has 67 heavy (non-hydrogen) atoms. The van der Waals surface area contributed by atoms with Crippen LogP contribution in [0.25, 0.3) is 22.5 Å². The van der Waals surface area contributed by atoms with Crippen molar-refractivity contribution in [2.24, 2.45) is 29.0 Å². The summed E-state index contributed by atoms with van der Waals surface area (Å²) in [5.41, 5.74) is 23.1. The van der Waals surface area contributed by atoms with Crippen molar-refractivity contribution >= 4 is 29.2 Å². The summed E-state index contributed by atoms with van der Waals surface area (Å²) < 4.78 is 12.5. The Morgan fingerprint density at radius 3 is 2.15 bits per heavy atom. The maximum atomic E-state index is 14.8. The van der Waals surface area contributed by atoms with E-state index in [0.29, 0.717) is 45.3 Å². The number of ether oxygens (including phenoxy) is 2. The maximum Gasteiger partial charge on any atom is 0.226 e. The quantitative estimate of drug-likeness (QED) is 0.0874. The minimum absolute atomic E-state index is 0.0284. The van der Waals surface area contributed by atoms with Crippen molar-refractivity contribution in [3.63, 3.8) is 0 Å². The van der Waals surface area contributed by atoms with E-state index in [-0.39, 0.29) is 92.9 Å². The average Bonchev–Trinajstić information content (AvgIpc) is 3.28. The van der Waals surface area contributed by atoms with Gasteiger partial charge in [-0.05, 0) is 86.5 Å². The molecule has 4 aromatic rings. The number of carbonyl (C=O) groups excluding carboxylic acids is 5. The summed E-state index contributed by atoms with van der Waals surface area (Å²) in [7, 11) is 1.50. The minimum atomic E-state index is -1.25. The van der Waals surface area contributed by atoms with Gasteiger partial charge in [-0.25, -0.2) is 9.97 Å². The second-order valence-corrected chi connectivity index (χ2v) is 18.9. The third kappa shape index (κ3) is 13.4. The molecule has 2 amide bonds. The van der Waals surface area contributed by atoms with Crippen molar-refractivity contribution in [2.75, 3.05) is 26.8 Å². The molecule has 2 heterocycles. The number of nitrogens with two attached hydrogens (primary N) is 3. The Labute approximate surface area is 394 Å². The first-order valence-corrected chi connectivity index (χ1v) is 22.9. The lowest BCUT2D eigenvalue weighted by atomic mass is 9.86. The number of rotatable bonds is 17. The number of nitrogens with zero attached hydrogens (tertiary/aromatic N) is 4. The first-order chi connectivity index (χ1) is 31.7. The highest BCUT2D eigenvalue weighted by molar-refractivity contribution is 6.00. The van der Waals surface area contributed by atoms with Crippen LogP contribution in [0.4, 0.5) is 0 Å². The van der Waals surface area contributed by atoms with E-state index >= 15 is 0 Å². The molecule has 4 bridgehead atoms. The minimum Gasteiger partial charge on any atom is -0.491 e. The number of ketones is 3. The number of likely N-dealkylation sites (N-methyl/N-ethyl adjacent to an activating group) is 1. The third-order valence-corrected chi connectivity index (χ3v) is 11.9. The van der Waals surface area contributed by atoms with E-state index in [0.717, 1.165) is 11.1 Å². The molecule has 15 heteroatoms. The van der Waals surface area contributed by atoms with Gasteiger partial charge in [0.1, 0.15) is 30.8 Å². The number of Topliss-reactive ketones (excluding diaryl/α,β-unsaturated/α-hetero) is 3. The van der Waals surface area contributed by atoms with Crippen LogP contribution in [0.2, 0.25) is 0 Å². The number of hydrogen-bond donors (Lipinski definition) is 4. The topological polar surface area (TPSA) is 247 Å². The van der Waals surface area contributed by atoms with E-state index in [9.17, 15) is 29.2 Å². The van der Waals surface area contributed by atoms with Gasteiger partial charge in [0, 0.05) is 79.5 Å². The van der Waals surface area contributed by atoms with Gasteiger partial charge in [-0.1, -0.05) is 64.1 Å². The van der Waals surface area contributed by atoms with Gasteiger partial charge in [0.05, 0.1) is 23.4 Å². The standard InChI is InChI=1S/C52H66N8O7/c1-30-22-45(63)48(60(8)51(65)37(19-21-54)26-44(62)41-27-57-49(58-33(41)4)35-12-15-38(16-13-35)52(5,6)7)36-14-18-47(67-29-32(3)56)40(25-36)39-23-34(11-17-46(39)66-28-31(2)55)24-42(59-50(30)64)43(61)10-9-20-53/h11-18,23,25,27,30-32,37,42,48H,9-10,19,21-22,24,26,28-29,54-56H2,1-8H3,(H,59,64)/t30-,31+,32+,37-,42+,48+/m1/s1. The van der Waals surface area contributed by atoms with Crippen LogP contribution in [0, 0.1) is 30.1 Å². The molecule has 0 saturated carbocycles. The van der Waals surface area contributed by atoms with Gasteiger partial charge in [0.2, 0.25) is 11.8 Å². The van der Waals surface area contributed by atoms with Gasteiger partial charge in [-0.3, -0.25) is 24.0 Å². The Balaban J connectivity index is 1.58. The summed E-state index contributed by atoms with van der Waals surface area (Å²) >= 11 is 0. The summed E-state index contributed by atoms with van der Waals surface area (Å²) in [4.78, 5) is 81.6. The van der Waals surface area contributed by atoms with Gasteiger partial charge < -0.3 is 36.9 Å². The molecule has 5 rings (SSSR count). The number of amides is 2. The molecule has 15 nitrogen and oxygen atoms in total. The molecule has 6 atom stereocenters. The van der Waals surface area contributed by atoms with Crippen molar-refractivity contribution in [1.82, 2.24) is 20.2 Å². The van der Waals surface area contributed by atoms with Crippen LogP contribution in [0.15, 0.2) is 66.9 Å². The predicted molar refractivity (Wildman–Crippen MR) is 257 cm³/mol. The molecule has 0 aliphatic carbocycles. The first kappa shape index (κ1) is 51.6. The summed E-state index contributed by atoms with van der Waals surface area (Å²) in [6.45, 7) is 13.7. The largest absolute Gasteiger partial charge is 0.491 e. The third-order valence-electron chi connectivity index (χ3n) is 11.9. The van der Waals surface area contributed by atoms with Gasteiger partial charge in [-0.2, -0.15) is 5.26 Å². The summed E-state index contributed by atoms with van der Waals surface area (Å²) in [5.74, 6) is -2.75. The summed E-state index contributed by atoms with van der Waals surface area (Å²) in [5, 5.41) is 12.1. The fraction of sp³-hybridized carbons (Fsp3) is 0.462. The van der Waals surface area contributed by atoms with Crippen LogP contribution < -0.4 is 32.0 Å². The van der Waals surface area contributed by atoms with Gasteiger partial charge >= 0.3 is 0 Å². The highest BCUT2D eigenvalue weighted by Crippen LogP contribution is 2.41. The number of nitriles is 1. The van der Waals surface area contributed by atoms with Gasteiger partial charge in [-0.15, -0.1) is 0 Å². The molecule has 0 saturated heterocycles. The highest BCUT2D eigenvalue weighted by atomic mass is 16.5. The lowest BCUT2D eigenvalue weighted by molar-refractivity contribution is -0.142. The zero-order valence-corrected chi connectivity index (χ0v) is 40.1. The van der Waals surface area contributed by atoms with Crippen molar-refractivity contribution in [2.45, 2.75) is 117 Å². The lowest BCUT2D eigenvalue weighted by Gasteiger charge is -2.32. The van der Waals surface area contributed by atoms with Crippen molar-refractivity contribution in [3.05, 3.63) is 94.8 Å². The molecule has 0 fully saturated rings. The smallest absolute Gasteiger partial charge is 0.226 e. The van der Waals surface area contributed by atoms with E-state index in [4.69, 9.17) is 26.7 Å². The van der Waals surface area contributed by atoms with Crippen LogP contribution >= 0.6 is 0 Å². The Bertz CT molecular complexity index is 2470. The van der Waals surface area contributed by atoms with E-state index in [1.54, 1.807) is 58.0 Å². The fourth-order valence-electron chi connectivity index (χ4n) is 8.08. The van der Waals surface area contributed by atoms with Crippen molar-refractivity contribution < 1.29 is 33.4 Å². The van der Waals surface area contributed by atoms with E-state index in [1.165, 1.54) is 18.1 Å². The molecule has 1 aliphatic heterocycles. The molecule has 0 unspecified atom stereocenters. The molecule has 356 valence electrons. The summed E-state index contributed by atoms with van der Waals surface area (Å²) in [6.07, 6.45) is 1.06. The number of benzene rings is 3. The lowest BCUT2D eigenvalue weighted by Crippen LogP contribution is -2.46. The van der Waals surface area contributed by atoms with Crippen LogP contribution in [-0.2, 0) is 31.0 Å². The number of aryl methyl sites for hydroxylation is 1. The molecule has 7 N–H and O–H groups in total. The highest BCUT2D eigenvalue weighted by Gasteiger charge is 2.36. The Kier molecular flexibility index (Phi) is 17.7. The number of aromatic nitrogens is 2. The molecule has 3 aromatic carbocycles. The zero-order chi connectivity index (χ0) is 49.2. The van der Waals surface area contributed by atoms with E-state index in [2.05, 4.69) is 36.1 Å². The number of nitrogens with one attached hydrogen (secondary N) is 1. The van der Waals surface area contributed by atoms with Crippen molar-refractivity contribution in [1.29, 1.82) is 5.26 Å². The van der Waals surface area contributed by atoms with Crippen molar-refractivity contribution in [3.8, 4) is 40.1 Å². The number of fused-ring (bicyclic) bond motifs is 5. The van der Waals surface area contributed by atoms with Crippen LogP contribution in [0.5, 0.6) is 11.5 Å². The van der Waals surface area contributed by atoms with Crippen LogP contribution in [0.3, 0.4) is 0 Å². The Morgan fingerprint density at radius 1 is 0.940 bits per heavy atom. The fourth-order valence-corrected chi connectivity index (χ4v) is 8.08. The molecular formula is C52H66N8O7.